The summed E-state index contributed by atoms with van der Waals surface area (Å²) in [6.45, 7) is 8.94. The fraction of sp³-hybridized carbons (Fsp3) is 1.00. The van der Waals surface area contributed by atoms with E-state index in [4.69, 9.17) is 15.2 Å². The van der Waals surface area contributed by atoms with Crippen LogP contribution in [0.3, 0.4) is 0 Å². The summed E-state index contributed by atoms with van der Waals surface area (Å²) in [5.41, 5.74) is 6.33. The van der Waals surface area contributed by atoms with E-state index in [1.54, 1.807) is 0 Å². The molecule has 2 rings (SSSR count). The summed E-state index contributed by atoms with van der Waals surface area (Å²) in [5, 5.41) is 0. The van der Waals surface area contributed by atoms with E-state index in [0.29, 0.717) is 11.5 Å². The summed E-state index contributed by atoms with van der Waals surface area (Å²) in [5.74, 6) is 0. The number of piperidine rings is 1. The summed E-state index contributed by atoms with van der Waals surface area (Å²) in [6.07, 6.45) is 5.06. The topological polar surface area (TPSA) is 47.7 Å². The Hall–Kier alpha value is -0.160. The number of ether oxygens (including phenoxy) is 2. The first-order valence-electron chi connectivity index (χ1n) is 7.40. The van der Waals surface area contributed by atoms with E-state index in [1.165, 1.54) is 12.8 Å². The first kappa shape index (κ1) is 14.3. The first-order valence-corrected chi connectivity index (χ1v) is 7.40. The number of hydrogen-bond acceptors (Lipinski definition) is 4. The third-order valence-electron chi connectivity index (χ3n) is 4.48. The van der Waals surface area contributed by atoms with Gasteiger partial charge in [-0.05, 0) is 44.6 Å². The lowest BCUT2D eigenvalue weighted by Gasteiger charge is -2.42. The molecular formula is C14H28N2O2. The maximum absolute atomic E-state index is 6.02. The van der Waals surface area contributed by atoms with Gasteiger partial charge in [0.1, 0.15) is 0 Å². The molecule has 0 saturated carbocycles. The zero-order valence-corrected chi connectivity index (χ0v) is 11.7. The van der Waals surface area contributed by atoms with Crippen molar-refractivity contribution in [3.05, 3.63) is 0 Å². The molecule has 0 spiro atoms. The standard InChI is InChI=1S/C14H28N2O2/c1-2-18-13-3-7-16(8-4-13)12-14(11-15)5-9-17-10-6-14/h13H,2-12,15H2,1H3. The molecule has 2 heterocycles. The highest BCUT2D eigenvalue weighted by Crippen LogP contribution is 2.31. The van der Waals surface area contributed by atoms with Crippen molar-refractivity contribution in [3.63, 3.8) is 0 Å². The van der Waals surface area contributed by atoms with Crippen LogP contribution in [0.2, 0.25) is 0 Å². The largest absolute Gasteiger partial charge is 0.381 e. The molecular weight excluding hydrogens is 228 g/mol. The van der Waals surface area contributed by atoms with Gasteiger partial charge in [-0.2, -0.15) is 0 Å². The summed E-state index contributed by atoms with van der Waals surface area (Å²) < 4.78 is 11.2. The van der Waals surface area contributed by atoms with Gasteiger partial charge in [-0.1, -0.05) is 0 Å². The van der Waals surface area contributed by atoms with Crippen molar-refractivity contribution >= 4 is 0 Å². The molecule has 0 unspecified atom stereocenters. The zero-order chi connectivity index (χ0) is 12.8. The molecule has 0 aromatic carbocycles. The van der Waals surface area contributed by atoms with Crippen molar-refractivity contribution in [2.75, 3.05) is 46.0 Å². The van der Waals surface area contributed by atoms with Crippen LogP contribution in [0.15, 0.2) is 0 Å². The van der Waals surface area contributed by atoms with Crippen LogP contribution in [-0.4, -0.2) is 57.0 Å². The van der Waals surface area contributed by atoms with Gasteiger partial charge in [0.05, 0.1) is 6.10 Å². The fourth-order valence-electron chi connectivity index (χ4n) is 3.18. The Labute approximate surface area is 111 Å². The monoisotopic (exact) mass is 256 g/mol. The molecule has 0 aromatic rings. The van der Waals surface area contributed by atoms with E-state index in [9.17, 15) is 0 Å². The van der Waals surface area contributed by atoms with Gasteiger partial charge in [0, 0.05) is 39.5 Å². The highest BCUT2D eigenvalue weighted by Gasteiger charge is 2.34. The first-order chi connectivity index (χ1) is 8.78. The Kier molecular flexibility index (Phi) is 5.42. The van der Waals surface area contributed by atoms with E-state index in [1.807, 2.05) is 0 Å². The predicted octanol–water partition coefficient (Wildman–Crippen LogP) is 1.24. The van der Waals surface area contributed by atoms with Gasteiger partial charge in [-0.25, -0.2) is 0 Å². The van der Waals surface area contributed by atoms with Crippen molar-refractivity contribution in [2.24, 2.45) is 11.1 Å². The van der Waals surface area contributed by atoms with Crippen LogP contribution in [0.4, 0.5) is 0 Å². The minimum absolute atomic E-state index is 0.302. The fourth-order valence-corrected chi connectivity index (χ4v) is 3.18. The van der Waals surface area contributed by atoms with Crippen molar-refractivity contribution in [3.8, 4) is 0 Å². The smallest absolute Gasteiger partial charge is 0.0599 e. The van der Waals surface area contributed by atoms with Crippen LogP contribution in [-0.2, 0) is 9.47 Å². The van der Waals surface area contributed by atoms with E-state index in [2.05, 4.69) is 11.8 Å². The van der Waals surface area contributed by atoms with Crippen molar-refractivity contribution in [1.29, 1.82) is 0 Å². The molecule has 0 aliphatic carbocycles. The Morgan fingerprint density at radius 3 is 2.50 bits per heavy atom. The number of likely N-dealkylation sites (tertiary alicyclic amines) is 1. The van der Waals surface area contributed by atoms with E-state index in [-0.39, 0.29) is 0 Å². The Morgan fingerprint density at radius 2 is 1.94 bits per heavy atom. The molecule has 4 heteroatoms. The summed E-state index contributed by atoms with van der Waals surface area (Å²) in [6, 6.07) is 0. The van der Waals surface area contributed by atoms with E-state index >= 15 is 0 Å². The minimum Gasteiger partial charge on any atom is -0.381 e. The molecule has 0 atom stereocenters. The third-order valence-corrected chi connectivity index (χ3v) is 4.48. The molecule has 0 amide bonds. The molecule has 106 valence electrons. The van der Waals surface area contributed by atoms with Gasteiger partial charge < -0.3 is 20.1 Å². The second kappa shape index (κ2) is 6.85. The average Bonchev–Trinajstić information content (AvgIpc) is 2.42. The Balaban J connectivity index is 1.79. The second-order valence-electron chi connectivity index (χ2n) is 5.75. The maximum atomic E-state index is 6.02. The molecule has 4 nitrogen and oxygen atoms in total. The predicted molar refractivity (Wildman–Crippen MR) is 72.6 cm³/mol. The van der Waals surface area contributed by atoms with Gasteiger partial charge in [-0.15, -0.1) is 0 Å². The van der Waals surface area contributed by atoms with Crippen LogP contribution in [0, 0.1) is 5.41 Å². The van der Waals surface area contributed by atoms with Gasteiger partial charge in [0.2, 0.25) is 0 Å². The zero-order valence-electron chi connectivity index (χ0n) is 11.7. The van der Waals surface area contributed by atoms with Crippen LogP contribution in [0.25, 0.3) is 0 Å². The van der Waals surface area contributed by atoms with E-state index in [0.717, 1.165) is 58.8 Å². The second-order valence-corrected chi connectivity index (χ2v) is 5.75. The van der Waals surface area contributed by atoms with Gasteiger partial charge in [0.25, 0.3) is 0 Å². The molecule has 18 heavy (non-hydrogen) atoms. The Morgan fingerprint density at radius 1 is 1.28 bits per heavy atom. The normalized spacial score (nSPS) is 26.3. The summed E-state index contributed by atoms with van der Waals surface area (Å²) >= 11 is 0. The van der Waals surface area contributed by atoms with Gasteiger partial charge in [0.15, 0.2) is 0 Å². The number of nitrogens with two attached hydrogens (primary N) is 1. The molecule has 2 saturated heterocycles. The molecule has 0 aromatic heterocycles. The molecule has 2 aliphatic heterocycles. The highest BCUT2D eigenvalue weighted by molar-refractivity contribution is 4.87. The molecule has 2 aliphatic rings. The van der Waals surface area contributed by atoms with Gasteiger partial charge >= 0.3 is 0 Å². The molecule has 0 bridgehead atoms. The number of nitrogens with zero attached hydrogens (tertiary/aromatic N) is 1. The van der Waals surface area contributed by atoms with Crippen LogP contribution in [0.5, 0.6) is 0 Å². The average molecular weight is 256 g/mol. The summed E-state index contributed by atoms with van der Waals surface area (Å²) in [7, 11) is 0. The van der Waals surface area contributed by atoms with Crippen molar-refractivity contribution < 1.29 is 9.47 Å². The molecule has 0 radical (unpaired) electrons. The highest BCUT2D eigenvalue weighted by atomic mass is 16.5. The third kappa shape index (κ3) is 3.67. The summed E-state index contributed by atoms with van der Waals surface area (Å²) in [4.78, 5) is 2.58. The van der Waals surface area contributed by atoms with Crippen LogP contribution in [0.1, 0.15) is 32.6 Å². The number of rotatable bonds is 5. The lowest BCUT2D eigenvalue weighted by Crippen LogP contribution is -2.48. The van der Waals surface area contributed by atoms with Crippen LogP contribution < -0.4 is 5.73 Å². The molecule has 2 N–H and O–H groups in total. The lowest BCUT2D eigenvalue weighted by atomic mass is 9.79. The van der Waals surface area contributed by atoms with Crippen LogP contribution >= 0.6 is 0 Å². The lowest BCUT2D eigenvalue weighted by molar-refractivity contribution is -0.0241. The quantitative estimate of drug-likeness (QED) is 0.804. The number of hydrogen-bond donors (Lipinski definition) is 1. The minimum atomic E-state index is 0.302. The van der Waals surface area contributed by atoms with Crippen molar-refractivity contribution in [2.45, 2.75) is 38.7 Å². The maximum Gasteiger partial charge on any atom is 0.0599 e. The SMILES string of the molecule is CCOC1CCN(CC2(CN)CCOCC2)CC1. The Bertz CT molecular complexity index is 234. The molecule has 2 fully saturated rings. The van der Waals surface area contributed by atoms with Gasteiger partial charge in [-0.3, -0.25) is 0 Å². The van der Waals surface area contributed by atoms with Crippen molar-refractivity contribution in [1.82, 2.24) is 4.90 Å². The van der Waals surface area contributed by atoms with E-state index < -0.39 is 0 Å².